The summed E-state index contributed by atoms with van der Waals surface area (Å²) >= 11 is 0. The zero-order chi connectivity index (χ0) is 10.5. The maximum absolute atomic E-state index is 2.98. The molecule has 2 aromatic carbocycles. The summed E-state index contributed by atoms with van der Waals surface area (Å²) in [5.74, 6) is 0. The minimum Gasteiger partial charge on any atom is -0.0702 e. The molecule has 0 unspecified atom stereocenters. The molecule has 0 aliphatic rings. The number of hydrogen-bond acceptors (Lipinski definition) is 0. The van der Waals surface area contributed by atoms with Gasteiger partial charge in [0.15, 0.2) is 0 Å². The van der Waals surface area contributed by atoms with E-state index in [4.69, 9.17) is 0 Å². The minimum atomic E-state index is 1.08. The Morgan fingerprint density at radius 1 is 0.867 bits per heavy atom. The fourth-order valence-corrected chi connectivity index (χ4v) is 1.58. The van der Waals surface area contributed by atoms with Crippen molar-refractivity contribution in [2.24, 2.45) is 0 Å². The van der Waals surface area contributed by atoms with Crippen LogP contribution in [0.2, 0.25) is 0 Å². The predicted molar refractivity (Wildman–Crippen MR) is 62.7 cm³/mol. The summed E-state index contributed by atoms with van der Waals surface area (Å²) in [6.07, 6.45) is 2.17. The Balaban J connectivity index is 1.96. The molecule has 0 aliphatic heterocycles. The lowest BCUT2D eigenvalue weighted by molar-refractivity contribution is 0.960. The van der Waals surface area contributed by atoms with Gasteiger partial charge in [0.2, 0.25) is 0 Å². The number of rotatable bonds is 3. The third-order valence-electron chi connectivity index (χ3n) is 2.54. The fraction of sp³-hybridized carbons (Fsp3) is 0.200. The van der Waals surface area contributed by atoms with Gasteiger partial charge in [-0.15, -0.1) is 0 Å². The van der Waals surface area contributed by atoms with Crippen LogP contribution in [0.3, 0.4) is 0 Å². The highest BCUT2D eigenvalue weighted by Crippen LogP contribution is 2.07. The highest BCUT2D eigenvalue weighted by atomic mass is 14.0. The first-order valence-corrected chi connectivity index (χ1v) is 5.27. The molecule has 0 radical (unpaired) electrons. The van der Waals surface area contributed by atoms with Crippen LogP contribution in [-0.2, 0) is 12.8 Å². The van der Waals surface area contributed by atoms with Crippen molar-refractivity contribution in [2.75, 3.05) is 0 Å². The highest BCUT2D eigenvalue weighted by molar-refractivity contribution is 5.22. The van der Waals surface area contributed by atoms with Gasteiger partial charge in [0.25, 0.3) is 0 Å². The van der Waals surface area contributed by atoms with Gasteiger partial charge in [-0.3, -0.25) is 0 Å². The van der Waals surface area contributed by atoms with Gasteiger partial charge in [0.1, 0.15) is 0 Å². The quantitative estimate of drug-likeness (QED) is 0.702. The van der Waals surface area contributed by atoms with E-state index in [2.05, 4.69) is 49.4 Å². The molecule has 0 amide bonds. The standard InChI is InChI=1S/C15H14/c1-13-7-9-15(10-8-13)12-11-14-5-3-2-4-6-14/h3,5-10H,11-12H2,1H3. The molecular formula is C15H14. The van der Waals surface area contributed by atoms with Crippen LogP contribution in [0.25, 0.3) is 0 Å². The SMILES string of the molecule is Cc1ccc(CCc2cc#ccc2)cc1. The molecule has 0 atom stereocenters. The summed E-state index contributed by atoms with van der Waals surface area (Å²) in [6.45, 7) is 2.12. The average molecular weight is 194 g/mol. The second-order valence-electron chi connectivity index (χ2n) is 3.83. The summed E-state index contributed by atoms with van der Waals surface area (Å²) in [5, 5.41) is 0. The zero-order valence-corrected chi connectivity index (χ0v) is 8.96. The lowest BCUT2D eigenvalue weighted by atomic mass is 10.0. The molecule has 0 fully saturated rings. The Hall–Kier alpha value is -1.74. The third kappa shape index (κ3) is 2.86. The molecule has 2 aromatic rings. The van der Waals surface area contributed by atoms with E-state index in [1.165, 1.54) is 16.7 Å². The van der Waals surface area contributed by atoms with E-state index >= 15 is 0 Å². The maximum Gasteiger partial charge on any atom is -0.00829 e. The normalized spacial score (nSPS) is 9.67. The largest absolute Gasteiger partial charge is 0.0702 e. The number of hydrogen-bond donors (Lipinski definition) is 0. The molecule has 0 aliphatic carbocycles. The van der Waals surface area contributed by atoms with E-state index in [1.807, 2.05) is 12.1 Å². The summed E-state index contributed by atoms with van der Waals surface area (Å²) in [4.78, 5) is 0. The number of benzene rings is 1. The molecule has 74 valence electrons. The van der Waals surface area contributed by atoms with Gasteiger partial charge in [-0.2, -0.15) is 0 Å². The Kier molecular flexibility index (Phi) is 3.05. The van der Waals surface area contributed by atoms with Crippen LogP contribution in [0.15, 0.2) is 42.5 Å². The highest BCUT2D eigenvalue weighted by Gasteiger charge is 1.94. The van der Waals surface area contributed by atoms with Crippen LogP contribution >= 0.6 is 0 Å². The fourth-order valence-electron chi connectivity index (χ4n) is 1.58. The van der Waals surface area contributed by atoms with Crippen LogP contribution in [0.1, 0.15) is 16.7 Å². The molecule has 0 heteroatoms. The van der Waals surface area contributed by atoms with E-state index in [9.17, 15) is 0 Å². The third-order valence-corrected chi connectivity index (χ3v) is 2.54. The van der Waals surface area contributed by atoms with Gasteiger partial charge < -0.3 is 0 Å². The Bertz CT molecular complexity index is 398. The molecule has 0 aromatic heterocycles. The number of aryl methyl sites for hydroxylation is 3. The minimum absolute atomic E-state index is 1.08. The first-order chi connectivity index (χ1) is 7.34. The van der Waals surface area contributed by atoms with Gasteiger partial charge >= 0.3 is 0 Å². The summed E-state index contributed by atoms with van der Waals surface area (Å²) < 4.78 is 0. The molecular weight excluding hydrogens is 180 g/mol. The molecule has 15 heavy (non-hydrogen) atoms. The molecule has 0 spiro atoms. The van der Waals surface area contributed by atoms with E-state index in [0.717, 1.165) is 12.8 Å². The van der Waals surface area contributed by atoms with Crippen LogP contribution in [-0.4, -0.2) is 0 Å². The van der Waals surface area contributed by atoms with Gasteiger partial charge in [0, 0.05) is 0 Å². The molecule has 0 N–H and O–H groups in total. The van der Waals surface area contributed by atoms with Crippen LogP contribution in [0.5, 0.6) is 0 Å². The van der Waals surface area contributed by atoms with E-state index in [0.29, 0.717) is 0 Å². The zero-order valence-electron chi connectivity index (χ0n) is 8.96. The van der Waals surface area contributed by atoms with Crippen LogP contribution < -0.4 is 0 Å². The van der Waals surface area contributed by atoms with E-state index in [1.54, 1.807) is 0 Å². The van der Waals surface area contributed by atoms with Crippen molar-refractivity contribution in [1.29, 1.82) is 0 Å². The summed E-state index contributed by atoms with van der Waals surface area (Å²) in [7, 11) is 0. The van der Waals surface area contributed by atoms with Gasteiger partial charge in [-0.05, 0) is 49.1 Å². The summed E-state index contributed by atoms with van der Waals surface area (Å²) in [5.41, 5.74) is 4.05. The van der Waals surface area contributed by atoms with Crippen molar-refractivity contribution < 1.29 is 0 Å². The smallest absolute Gasteiger partial charge is 0.00829 e. The molecule has 0 bridgehead atoms. The second-order valence-corrected chi connectivity index (χ2v) is 3.83. The molecule has 0 saturated heterocycles. The van der Waals surface area contributed by atoms with Crippen molar-refractivity contribution in [3.8, 4) is 0 Å². The topological polar surface area (TPSA) is 0 Å². The Morgan fingerprint density at radius 3 is 2.27 bits per heavy atom. The Labute approximate surface area is 91.6 Å². The van der Waals surface area contributed by atoms with E-state index in [-0.39, 0.29) is 0 Å². The predicted octanol–water partition coefficient (Wildman–Crippen LogP) is 3.38. The molecule has 2 rings (SSSR count). The van der Waals surface area contributed by atoms with Crippen molar-refractivity contribution in [2.45, 2.75) is 19.8 Å². The monoisotopic (exact) mass is 194 g/mol. The molecule has 0 saturated carbocycles. The van der Waals surface area contributed by atoms with Crippen molar-refractivity contribution in [3.05, 3.63) is 71.3 Å². The lowest BCUT2D eigenvalue weighted by Gasteiger charge is -2.01. The first-order valence-electron chi connectivity index (χ1n) is 5.27. The molecule has 0 nitrogen and oxygen atoms in total. The first kappa shape index (κ1) is 9.80. The van der Waals surface area contributed by atoms with Gasteiger partial charge in [0.05, 0.1) is 0 Å². The summed E-state index contributed by atoms with van der Waals surface area (Å²) in [6, 6.07) is 20.7. The van der Waals surface area contributed by atoms with Crippen LogP contribution in [0.4, 0.5) is 0 Å². The van der Waals surface area contributed by atoms with Crippen LogP contribution in [0, 0.1) is 19.1 Å². The second kappa shape index (κ2) is 4.66. The van der Waals surface area contributed by atoms with Crippen molar-refractivity contribution >= 4 is 0 Å². The maximum atomic E-state index is 2.98. The van der Waals surface area contributed by atoms with Crippen molar-refractivity contribution in [3.63, 3.8) is 0 Å². The lowest BCUT2D eigenvalue weighted by Crippen LogP contribution is -1.90. The van der Waals surface area contributed by atoms with Crippen molar-refractivity contribution in [1.82, 2.24) is 0 Å². The Morgan fingerprint density at radius 2 is 1.60 bits per heavy atom. The van der Waals surface area contributed by atoms with E-state index < -0.39 is 0 Å². The van der Waals surface area contributed by atoms with Gasteiger partial charge in [-0.25, -0.2) is 0 Å². The van der Waals surface area contributed by atoms with Gasteiger partial charge in [-0.1, -0.05) is 42.0 Å². The molecule has 0 heterocycles. The average Bonchev–Trinajstić information content (AvgIpc) is 2.30.